The smallest absolute Gasteiger partial charge is 0.407 e. The van der Waals surface area contributed by atoms with E-state index in [0.29, 0.717) is 24.0 Å². The van der Waals surface area contributed by atoms with Crippen LogP contribution in [-0.4, -0.2) is 110 Å². The van der Waals surface area contributed by atoms with Crippen molar-refractivity contribution in [2.45, 2.75) is 108 Å². The van der Waals surface area contributed by atoms with Gasteiger partial charge in [0, 0.05) is 43.9 Å². The summed E-state index contributed by atoms with van der Waals surface area (Å²) >= 11 is 0. The summed E-state index contributed by atoms with van der Waals surface area (Å²) in [5.41, 5.74) is -0.0916. The van der Waals surface area contributed by atoms with Gasteiger partial charge in [-0.1, -0.05) is 25.7 Å². The predicted molar refractivity (Wildman–Crippen MR) is 152 cm³/mol. The van der Waals surface area contributed by atoms with Crippen LogP contribution in [0.4, 0.5) is 9.18 Å². The first-order valence-electron chi connectivity index (χ1n) is 16.0. The van der Waals surface area contributed by atoms with Crippen LogP contribution in [0.15, 0.2) is 11.8 Å². The molecule has 230 valence electrons. The molecule has 3 aliphatic carbocycles. The maximum atomic E-state index is 16.0. The Hall–Kier alpha value is -1.75. The Morgan fingerprint density at radius 3 is 2.59 bits per heavy atom. The number of Topliss-reactive ketones (excluding diaryl/α,β-unsaturated/α-hetero) is 1. The molecule has 0 aromatic rings. The van der Waals surface area contributed by atoms with Gasteiger partial charge in [0.1, 0.15) is 11.8 Å². The summed E-state index contributed by atoms with van der Waals surface area (Å²) < 4.78 is 33.8. The molecule has 5 fully saturated rings. The van der Waals surface area contributed by atoms with E-state index in [4.69, 9.17) is 14.2 Å². The van der Waals surface area contributed by atoms with Crippen LogP contribution in [0.3, 0.4) is 0 Å². The van der Waals surface area contributed by atoms with Crippen molar-refractivity contribution in [2.75, 3.05) is 45.9 Å². The first kappa shape index (κ1) is 29.3. The second-order valence-electron chi connectivity index (χ2n) is 14.1. The summed E-state index contributed by atoms with van der Waals surface area (Å²) in [5, 5.41) is 6.31. The highest BCUT2D eigenvalue weighted by molar-refractivity contribution is 5.99. The van der Waals surface area contributed by atoms with E-state index in [0.717, 1.165) is 45.7 Å². The molecule has 1 amide bonds. The minimum Gasteiger partial charge on any atom is -0.444 e. The van der Waals surface area contributed by atoms with Crippen molar-refractivity contribution in [1.29, 1.82) is 0 Å². The van der Waals surface area contributed by atoms with Gasteiger partial charge >= 0.3 is 6.09 Å². The molecule has 0 aromatic heterocycles. The topological polar surface area (TPSA) is 92.4 Å². The zero-order chi connectivity index (χ0) is 28.7. The third kappa shape index (κ3) is 6.31. The number of halogens is 1. The average molecular weight is 577 g/mol. The number of nitrogens with one attached hydrogen (secondary N) is 2. The summed E-state index contributed by atoms with van der Waals surface area (Å²) in [7, 11) is 0. The van der Waals surface area contributed by atoms with E-state index < -0.39 is 35.9 Å². The van der Waals surface area contributed by atoms with Crippen LogP contribution in [0.2, 0.25) is 0 Å². The zero-order valence-electron chi connectivity index (χ0n) is 25.0. The van der Waals surface area contributed by atoms with Crippen molar-refractivity contribution in [1.82, 2.24) is 20.4 Å². The number of amides is 1. The van der Waals surface area contributed by atoms with Crippen LogP contribution in [0, 0.1) is 17.8 Å². The molecule has 3 heterocycles. The number of fused-ring (bicyclic) bond motifs is 3. The number of morpholine rings is 2. The number of hydrogen-bond donors (Lipinski definition) is 2. The highest BCUT2D eigenvalue weighted by atomic mass is 19.1. The molecule has 6 aliphatic rings. The summed E-state index contributed by atoms with van der Waals surface area (Å²) in [5.74, 6) is 0.782. The quantitative estimate of drug-likeness (QED) is 0.499. The van der Waals surface area contributed by atoms with Crippen LogP contribution in [0.5, 0.6) is 0 Å². The zero-order valence-corrected chi connectivity index (χ0v) is 25.0. The van der Waals surface area contributed by atoms with Gasteiger partial charge in [-0.3, -0.25) is 9.69 Å². The van der Waals surface area contributed by atoms with Crippen molar-refractivity contribution in [3.05, 3.63) is 11.8 Å². The van der Waals surface area contributed by atoms with Gasteiger partial charge in [-0.15, -0.1) is 0 Å². The lowest BCUT2D eigenvalue weighted by Crippen LogP contribution is -2.73. The van der Waals surface area contributed by atoms with Crippen LogP contribution in [0.1, 0.15) is 65.7 Å². The molecule has 6 rings (SSSR count). The van der Waals surface area contributed by atoms with E-state index in [-0.39, 0.29) is 36.9 Å². The molecular formula is C31H49FN4O5. The lowest BCUT2D eigenvalue weighted by molar-refractivity contribution is -0.208. The molecular weight excluding hydrogens is 527 g/mol. The Morgan fingerprint density at radius 2 is 1.85 bits per heavy atom. The number of nitrogens with zero attached hydrogens (tertiary/aromatic N) is 2. The Morgan fingerprint density at radius 1 is 1.12 bits per heavy atom. The maximum absolute atomic E-state index is 16.0. The predicted octanol–water partition coefficient (Wildman–Crippen LogP) is 3.03. The number of ketones is 1. The molecule has 0 spiro atoms. The number of alkyl carbamates (subject to hydrolysis) is 1. The normalized spacial score (nSPS) is 39.2. The van der Waals surface area contributed by atoms with E-state index in [1.54, 1.807) is 0 Å². The van der Waals surface area contributed by atoms with Crippen LogP contribution >= 0.6 is 0 Å². The summed E-state index contributed by atoms with van der Waals surface area (Å²) in [4.78, 5) is 30.9. The highest BCUT2D eigenvalue weighted by Crippen LogP contribution is 2.50. The number of carbonyl (C=O) groups excluding carboxylic acids is 2. The highest BCUT2D eigenvalue weighted by Gasteiger charge is 2.59. The number of alkyl halides is 1. The van der Waals surface area contributed by atoms with Crippen molar-refractivity contribution in [2.24, 2.45) is 17.8 Å². The average Bonchev–Trinajstić information content (AvgIpc) is 2.93. The molecule has 2 saturated heterocycles. The summed E-state index contributed by atoms with van der Waals surface area (Å²) in [6.45, 7) is 10.3. The fraction of sp³-hybridized carbons (Fsp3) is 0.871. The molecule has 9 nitrogen and oxygen atoms in total. The molecule has 10 heteroatoms. The molecule has 9 unspecified atom stereocenters. The lowest BCUT2D eigenvalue weighted by Gasteiger charge is -2.61. The van der Waals surface area contributed by atoms with Crippen molar-refractivity contribution in [3.8, 4) is 0 Å². The third-order valence-corrected chi connectivity index (χ3v) is 10.3. The minimum atomic E-state index is -1.18. The first-order valence-corrected chi connectivity index (χ1v) is 16.0. The third-order valence-electron chi connectivity index (χ3n) is 10.3. The van der Waals surface area contributed by atoms with E-state index in [1.807, 2.05) is 27.0 Å². The largest absolute Gasteiger partial charge is 0.444 e. The van der Waals surface area contributed by atoms with Gasteiger partial charge in [-0.25, -0.2) is 9.18 Å². The SMILES string of the molecule is CC(C)(C)OC(=O)NCC1=CN2C3CC4CCCCC4CC3OC3C(NCCN4CCOCC4)C(F)CC(C1=O)C32. The maximum Gasteiger partial charge on any atom is 0.407 e. The van der Waals surface area contributed by atoms with E-state index in [2.05, 4.69) is 20.4 Å². The minimum absolute atomic E-state index is 0.0228. The first-order chi connectivity index (χ1) is 19.7. The van der Waals surface area contributed by atoms with Gasteiger partial charge in [0.15, 0.2) is 5.78 Å². The fourth-order valence-corrected chi connectivity index (χ4v) is 8.42. The summed E-state index contributed by atoms with van der Waals surface area (Å²) in [6, 6.07) is -0.470. The molecule has 0 radical (unpaired) electrons. The van der Waals surface area contributed by atoms with Gasteiger partial charge in [-0.05, 0) is 51.9 Å². The molecule has 41 heavy (non-hydrogen) atoms. The van der Waals surface area contributed by atoms with E-state index in [9.17, 15) is 9.59 Å². The molecule has 3 aliphatic heterocycles. The molecule has 0 aromatic carbocycles. The Balaban J connectivity index is 1.23. The van der Waals surface area contributed by atoms with Crippen molar-refractivity contribution >= 4 is 11.9 Å². The Kier molecular flexibility index (Phi) is 8.65. The second-order valence-corrected chi connectivity index (χ2v) is 14.1. The molecule has 3 saturated carbocycles. The number of carbonyl (C=O) groups is 2. The number of hydrogen-bond acceptors (Lipinski definition) is 8. The number of rotatable bonds is 6. The second kappa shape index (κ2) is 12.1. The van der Waals surface area contributed by atoms with Crippen LogP contribution < -0.4 is 10.6 Å². The Labute approximate surface area is 243 Å². The monoisotopic (exact) mass is 576 g/mol. The van der Waals surface area contributed by atoms with E-state index in [1.165, 1.54) is 25.7 Å². The van der Waals surface area contributed by atoms with Gasteiger partial charge < -0.3 is 29.7 Å². The van der Waals surface area contributed by atoms with E-state index >= 15 is 4.39 Å². The Bertz CT molecular complexity index is 997. The van der Waals surface area contributed by atoms with Crippen LogP contribution in [-0.2, 0) is 19.0 Å². The van der Waals surface area contributed by atoms with Gasteiger partial charge in [0.2, 0.25) is 0 Å². The lowest BCUT2D eigenvalue weighted by atomic mass is 9.65. The fourth-order valence-electron chi connectivity index (χ4n) is 8.42. The van der Waals surface area contributed by atoms with Crippen molar-refractivity contribution in [3.63, 3.8) is 0 Å². The van der Waals surface area contributed by atoms with Crippen LogP contribution in [0.25, 0.3) is 0 Å². The van der Waals surface area contributed by atoms with Gasteiger partial charge in [-0.2, -0.15) is 0 Å². The standard InChI is InChI=1S/C31H49FN4O5/c1-31(2,3)41-30(38)34-17-21-18-36-24-14-19-6-4-5-7-20(19)15-25(24)40-29-26(23(32)16-22(27(29)36)28(21)37)33-8-9-35-10-12-39-13-11-35/h18-20,22-27,29,33H,4-17H2,1-3H3,(H,34,38). The summed E-state index contributed by atoms with van der Waals surface area (Å²) in [6.07, 6.45) is 7.18. The molecule has 0 bridgehead atoms. The van der Waals surface area contributed by atoms with Crippen molar-refractivity contribution < 1.29 is 28.2 Å². The molecule has 2 N–H and O–H groups in total. The van der Waals surface area contributed by atoms with Gasteiger partial charge in [0.05, 0.1) is 50.1 Å². The number of ether oxygens (including phenoxy) is 3. The van der Waals surface area contributed by atoms with Gasteiger partial charge in [0.25, 0.3) is 0 Å². The molecule has 9 atom stereocenters.